The number of rotatable bonds is 6. The maximum Gasteiger partial charge on any atom is 0.226 e. The van der Waals surface area contributed by atoms with Crippen LogP contribution in [0, 0.1) is 5.41 Å². The normalized spacial score (nSPS) is 15.7. The fourth-order valence-electron chi connectivity index (χ4n) is 2.46. The molecule has 23 heavy (non-hydrogen) atoms. The Morgan fingerprint density at radius 1 is 1.26 bits per heavy atom. The molecule has 1 aromatic carbocycles. The summed E-state index contributed by atoms with van der Waals surface area (Å²) in [4.78, 5) is 12.1. The standard InChI is InChI=1S/C18H28N2O3/c1-5-19-17(21)18(3,4)12-20-13(2)14-7-8-15-16(11-14)23-10-6-9-22-15/h7-8,11,13,20H,5-6,9-10,12H2,1-4H3,(H,19,21)/t13-/m0/s1. The van der Waals surface area contributed by atoms with Crippen LogP contribution in [0.4, 0.5) is 0 Å². The van der Waals surface area contributed by atoms with E-state index in [1.54, 1.807) is 0 Å². The molecule has 0 fully saturated rings. The minimum Gasteiger partial charge on any atom is -0.490 e. The van der Waals surface area contributed by atoms with Crippen LogP contribution in [0.2, 0.25) is 0 Å². The zero-order valence-corrected chi connectivity index (χ0v) is 14.6. The highest BCUT2D eigenvalue weighted by Gasteiger charge is 2.27. The van der Waals surface area contributed by atoms with Gasteiger partial charge in [-0.3, -0.25) is 4.79 Å². The molecule has 1 aliphatic rings. The Balaban J connectivity index is 1.99. The molecule has 1 aliphatic heterocycles. The van der Waals surface area contributed by atoms with Crippen molar-refractivity contribution in [2.45, 2.75) is 40.2 Å². The summed E-state index contributed by atoms with van der Waals surface area (Å²) in [7, 11) is 0. The molecule has 0 spiro atoms. The largest absolute Gasteiger partial charge is 0.490 e. The zero-order chi connectivity index (χ0) is 16.9. The molecule has 0 bridgehead atoms. The number of hydrogen-bond acceptors (Lipinski definition) is 4. The van der Waals surface area contributed by atoms with Gasteiger partial charge in [0.15, 0.2) is 11.5 Å². The van der Waals surface area contributed by atoms with Crippen LogP contribution in [0.1, 0.15) is 45.7 Å². The van der Waals surface area contributed by atoms with Crippen molar-refractivity contribution in [2.75, 3.05) is 26.3 Å². The van der Waals surface area contributed by atoms with Gasteiger partial charge in [-0.05, 0) is 45.4 Å². The Labute approximate surface area is 138 Å². The molecule has 1 aromatic rings. The maximum atomic E-state index is 12.1. The second-order valence-electron chi connectivity index (χ2n) is 6.60. The number of amides is 1. The zero-order valence-electron chi connectivity index (χ0n) is 14.6. The highest BCUT2D eigenvalue weighted by Crippen LogP contribution is 2.32. The Morgan fingerprint density at radius 3 is 2.65 bits per heavy atom. The summed E-state index contributed by atoms with van der Waals surface area (Å²) in [5.74, 6) is 1.68. The first-order chi connectivity index (χ1) is 10.9. The second-order valence-corrected chi connectivity index (χ2v) is 6.60. The van der Waals surface area contributed by atoms with Crippen molar-refractivity contribution in [1.82, 2.24) is 10.6 Å². The van der Waals surface area contributed by atoms with Gasteiger partial charge in [0.2, 0.25) is 5.91 Å². The van der Waals surface area contributed by atoms with Crippen molar-refractivity contribution in [3.63, 3.8) is 0 Å². The van der Waals surface area contributed by atoms with Crippen molar-refractivity contribution in [3.05, 3.63) is 23.8 Å². The van der Waals surface area contributed by atoms with Gasteiger partial charge in [0.05, 0.1) is 18.6 Å². The highest BCUT2D eigenvalue weighted by atomic mass is 16.5. The van der Waals surface area contributed by atoms with Crippen LogP contribution < -0.4 is 20.1 Å². The van der Waals surface area contributed by atoms with Gasteiger partial charge in [-0.25, -0.2) is 0 Å². The van der Waals surface area contributed by atoms with Crippen LogP contribution in [-0.4, -0.2) is 32.2 Å². The van der Waals surface area contributed by atoms with E-state index in [1.807, 2.05) is 39.0 Å². The number of carbonyl (C=O) groups is 1. The van der Waals surface area contributed by atoms with Gasteiger partial charge in [-0.15, -0.1) is 0 Å². The molecule has 0 radical (unpaired) electrons. The van der Waals surface area contributed by atoms with Gasteiger partial charge in [0, 0.05) is 25.6 Å². The van der Waals surface area contributed by atoms with Crippen molar-refractivity contribution in [3.8, 4) is 11.5 Å². The number of benzene rings is 1. The van der Waals surface area contributed by atoms with Crippen molar-refractivity contribution >= 4 is 5.91 Å². The van der Waals surface area contributed by atoms with Crippen LogP contribution in [-0.2, 0) is 4.79 Å². The SMILES string of the molecule is CCNC(=O)C(C)(C)CN[C@@H](C)c1ccc2c(c1)OCCCO2. The fraction of sp³-hybridized carbons (Fsp3) is 0.611. The molecule has 1 heterocycles. The summed E-state index contributed by atoms with van der Waals surface area (Å²) in [5.41, 5.74) is 0.677. The summed E-state index contributed by atoms with van der Waals surface area (Å²) < 4.78 is 11.4. The lowest BCUT2D eigenvalue weighted by Crippen LogP contribution is -2.43. The van der Waals surface area contributed by atoms with E-state index in [4.69, 9.17) is 9.47 Å². The first kappa shape index (κ1) is 17.6. The lowest BCUT2D eigenvalue weighted by molar-refractivity contribution is -0.129. The molecule has 0 aromatic heterocycles. The average molecular weight is 320 g/mol. The molecule has 2 N–H and O–H groups in total. The van der Waals surface area contributed by atoms with E-state index in [0.717, 1.165) is 23.5 Å². The fourth-order valence-corrected chi connectivity index (χ4v) is 2.46. The molecule has 0 saturated heterocycles. The minimum atomic E-state index is -0.449. The Bertz CT molecular complexity index is 543. The number of fused-ring (bicyclic) bond motifs is 1. The average Bonchev–Trinajstić information content (AvgIpc) is 2.77. The third-order valence-electron chi connectivity index (χ3n) is 4.07. The third kappa shape index (κ3) is 4.61. The van der Waals surface area contributed by atoms with Gasteiger partial charge >= 0.3 is 0 Å². The third-order valence-corrected chi connectivity index (χ3v) is 4.07. The van der Waals surface area contributed by atoms with Crippen molar-refractivity contribution in [2.24, 2.45) is 5.41 Å². The summed E-state index contributed by atoms with van der Waals surface area (Å²) in [5, 5.41) is 6.33. The van der Waals surface area contributed by atoms with Gasteiger partial charge in [-0.1, -0.05) is 6.07 Å². The molecule has 2 rings (SSSR count). The molecule has 0 saturated carbocycles. The smallest absolute Gasteiger partial charge is 0.226 e. The summed E-state index contributed by atoms with van der Waals surface area (Å²) in [6, 6.07) is 6.16. The molecule has 0 aliphatic carbocycles. The molecule has 5 nitrogen and oxygen atoms in total. The van der Waals surface area contributed by atoms with Gasteiger partial charge in [-0.2, -0.15) is 0 Å². The monoisotopic (exact) mass is 320 g/mol. The van der Waals surface area contributed by atoms with Crippen LogP contribution in [0.3, 0.4) is 0 Å². The summed E-state index contributed by atoms with van der Waals surface area (Å²) >= 11 is 0. The summed E-state index contributed by atoms with van der Waals surface area (Å²) in [6.45, 7) is 10.6. The lowest BCUT2D eigenvalue weighted by atomic mass is 9.91. The first-order valence-electron chi connectivity index (χ1n) is 8.35. The minimum absolute atomic E-state index is 0.0679. The quantitative estimate of drug-likeness (QED) is 0.846. The van der Waals surface area contributed by atoms with Crippen molar-refractivity contribution < 1.29 is 14.3 Å². The Kier molecular flexibility index (Phi) is 5.88. The highest BCUT2D eigenvalue weighted by molar-refractivity contribution is 5.81. The van der Waals surface area contributed by atoms with E-state index in [1.165, 1.54) is 0 Å². The van der Waals surface area contributed by atoms with E-state index in [9.17, 15) is 4.79 Å². The molecule has 1 atom stereocenters. The van der Waals surface area contributed by atoms with Gasteiger partial charge in [0.1, 0.15) is 0 Å². The number of hydrogen-bond donors (Lipinski definition) is 2. The predicted octanol–water partition coefficient (Wildman–Crippen LogP) is 2.66. The van der Waals surface area contributed by atoms with Crippen LogP contribution in [0.5, 0.6) is 11.5 Å². The van der Waals surface area contributed by atoms with E-state index < -0.39 is 5.41 Å². The second kappa shape index (κ2) is 7.68. The number of carbonyl (C=O) groups excluding carboxylic acids is 1. The van der Waals surface area contributed by atoms with Crippen LogP contribution in [0.25, 0.3) is 0 Å². The molecule has 5 heteroatoms. The van der Waals surface area contributed by atoms with E-state index in [-0.39, 0.29) is 11.9 Å². The van der Waals surface area contributed by atoms with Crippen LogP contribution >= 0.6 is 0 Å². The number of nitrogens with one attached hydrogen (secondary N) is 2. The topological polar surface area (TPSA) is 59.6 Å². The molecule has 0 unspecified atom stereocenters. The maximum absolute atomic E-state index is 12.1. The molecule has 1 amide bonds. The van der Waals surface area contributed by atoms with Crippen LogP contribution in [0.15, 0.2) is 18.2 Å². The molecular formula is C18H28N2O3. The van der Waals surface area contributed by atoms with Crippen molar-refractivity contribution in [1.29, 1.82) is 0 Å². The molecule has 128 valence electrons. The van der Waals surface area contributed by atoms with E-state index >= 15 is 0 Å². The lowest BCUT2D eigenvalue weighted by Gasteiger charge is -2.26. The predicted molar refractivity (Wildman–Crippen MR) is 90.9 cm³/mol. The summed E-state index contributed by atoms with van der Waals surface area (Å²) in [6.07, 6.45) is 0.901. The number of ether oxygens (including phenoxy) is 2. The van der Waals surface area contributed by atoms with Gasteiger partial charge in [0.25, 0.3) is 0 Å². The van der Waals surface area contributed by atoms with Gasteiger partial charge < -0.3 is 20.1 Å². The first-order valence-corrected chi connectivity index (χ1v) is 8.35. The Morgan fingerprint density at radius 2 is 1.96 bits per heavy atom. The molecular weight excluding hydrogens is 292 g/mol. The van der Waals surface area contributed by atoms with E-state index in [0.29, 0.717) is 26.3 Å². The Hall–Kier alpha value is -1.75. The van der Waals surface area contributed by atoms with E-state index in [2.05, 4.69) is 17.6 Å².